The molecular formula is C15H24N4. The molecule has 0 amide bonds. The number of amidine groups is 1. The van der Waals surface area contributed by atoms with E-state index in [9.17, 15) is 0 Å². The summed E-state index contributed by atoms with van der Waals surface area (Å²) in [6.45, 7) is 19.2. The normalized spacial score (nSPS) is 10.5. The quantitative estimate of drug-likeness (QED) is 0.414. The number of nitrogens with one attached hydrogen (secondary N) is 1. The summed E-state index contributed by atoms with van der Waals surface area (Å²) in [7, 11) is 0. The SMILES string of the molecule is C=CCN(CC=C)C(=N)/N=C(\C)N(CC=C)CC=C. The van der Waals surface area contributed by atoms with Gasteiger partial charge >= 0.3 is 0 Å². The lowest BCUT2D eigenvalue weighted by atomic mass is 10.4. The number of hydrogen-bond donors (Lipinski definition) is 1. The van der Waals surface area contributed by atoms with Crippen LogP contribution in [0.2, 0.25) is 0 Å². The minimum absolute atomic E-state index is 0.204. The first-order valence-corrected chi connectivity index (χ1v) is 6.18. The Bertz CT molecular complexity index is 348. The number of hydrogen-bond acceptors (Lipinski definition) is 1. The first kappa shape index (κ1) is 16.9. The molecule has 19 heavy (non-hydrogen) atoms. The largest absolute Gasteiger partial charge is 0.353 e. The third kappa shape index (κ3) is 6.41. The summed E-state index contributed by atoms with van der Waals surface area (Å²) < 4.78 is 0. The maximum atomic E-state index is 8.01. The lowest BCUT2D eigenvalue weighted by molar-refractivity contribution is 0.492. The van der Waals surface area contributed by atoms with Gasteiger partial charge in [0.05, 0.1) is 0 Å². The van der Waals surface area contributed by atoms with Gasteiger partial charge < -0.3 is 9.80 Å². The molecule has 0 heterocycles. The molecule has 0 radical (unpaired) electrons. The van der Waals surface area contributed by atoms with Crippen LogP contribution in [0.3, 0.4) is 0 Å². The molecular weight excluding hydrogens is 236 g/mol. The highest BCUT2D eigenvalue weighted by molar-refractivity contribution is 5.93. The minimum atomic E-state index is 0.204. The Labute approximate surface area is 116 Å². The smallest absolute Gasteiger partial charge is 0.220 e. The van der Waals surface area contributed by atoms with Crippen LogP contribution in [0.4, 0.5) is 0 Å². The fraction of sp³-hybridized carbons (Fsp3) is 0.333. The van der Waals surface area contributed by atoms with E-state index in [4.69, 9.17) is 5.41 Å². The van der Waals surface area contributed by atoms with Crippen LogP contribution in [-0.4, -0.2) is 47.8 Å². The van der Waals surface area contributed by atoms with E-state index in [-0.39, 0.29) is 5.96 Å². The molecule has 0 bridgehead atoms. The number of aliphatic imine (C=N–C) groups is 1. The highest BCUT2D eigenvalue weighted by Crippen LogP contribution is 1.98. The standard InChI is InChI=1S/C15H24N4/c1-6-10-18(11-7-2)14(5)17-15(16)19(12-8-3)13-9-4/h6-9,16H,1-4,10-13H2,5H3/b16-15?,17-14+. The second-order valence-electron chi connectivity index (χ2n) is 3.95. The van der Waals surface area contributed by atoms with Crippen molar-refractivity contribution < 1.29 is 0 Å². The third-order valence-corrected chi connectivity index (χ3v) is 2.42. The minimum Gasteiger partial charge on any atom is -0.353 e. The van der Waals surface area contributed by atoms with Gasteiger partial charge in [-0.1, -0.05) is 24.3 Å². The summed E-state index contributed by atoms with van der Waals surface area (Å²) in [6.07, 6.45) is 7.09. The Morgan fingerprint density at radius 1 is 0.895 bits per heavy atom. The molecule has 0 fully saturated rings. The predicted octanol–water partition coefficient (Wildman–Crippen LogP) is 2.69. The molecule has 104 valence electrons. The summed E-state index contributed by atoms with van der Waals surface area (Å²) in [5.74, 6) is 0.971. The molecule has 0 aromatic rings. The van der Waals surface area contributed by atoms with Crippen molar-refractivity contribution in [3.05, 3.63) is 50.6 Å². The van der Waals surface area contributed by atoms with Gasteiger partial charge in [0.25, 0.3) is 0 Å². The molecule has 0 saturated heterocycles. The van der Waals surface area contributed by atoms with Gasteiger partial charge in [-0.2, -0.15) is 0 Å². The number of guanidine groups is 1. The van der Waals surface area contributed by atoms with Gasteiger partial charge in [-0.25, -0.2) is 4.99 Å². The van der Waals surface area contributed by atoms with Crippen molar-refractivity contribution >= 4 is 11.8 Å². The van der Waals surface area contributed by atoms with Gasteiger partial charge in [-0.15, -0.1) is 26.3 Å². The summed E-state index contributed by atoms with van der Waals surface area (Å²) in [5, 5.41) is 8.01. The molecule has 4 nitrogen and oxygen atoms in total. The Hall–Kier alpha value is -2.10. The zero-order valence-corrected chi connectivity index (χ0v) is 11.8. The highest BCUT2D eigenvalue weighted by atomic mass is 15.3. The first-order chi connectivity index (χ1) is 9.10. The van der Waals surface area contributed by atoms with Crippen LogP contribution in [0.1, 0.15) is 6.92 Å². The van der Waals surface area contributed by atoms with Crippen molar-refractivity contribution in [3.8, 4) is 0 Å². The van der Waals surface area contributed by atoms with Crippen LogP contribution in [0.5, 0.6) is 0 Å². The highest BCUT2D eigenvalue weighted by Gasteiger charge is 2.08. The summed E-state index contributed by atoms with van der Waals surface area (Å²) in [5.41, 5.74) is 0. The van der Waals surface area contributed by atoms with Gasteiger partial charge in [0.15, 0.2) is 0 Å². The van der Waals surface area contributed by atoms with Gasteiger partial charge in [0.2, 0.25) is 5.96 Å². The molecule has 0 rings (SSSR count). The Kier molecular flexibility index (Phi) is 8.79. The molecule has 0 aliphatic rings. The first-order valence-electron chi connectivity index (χ1n) is 6.18. The second kappa shape index (κ2) is 9.88. The van der Waals surface area contributed by atoms with Crippen LogP contribution in [0.15, 0.2) is 55.6 Å². The van der Waals surface area contributed by atoms with Crippen molar-refractivity contribution in [2.75, 3.05) is 26.2 Å². The van der Waals surface area contributed by atoms with E-state index >= 15 is 0 Å². The van der Waals surface area contributed by atoms with Crippen LogP contribution < -0.4 is 0 Å². The molecule has 4 heteroatoms. The van der Waals surface area contributed by atoms with Crippen LogP contribution in [0, 0.1) is 5.41 Å². The van der Waals surface area contributed by atoms with Crippen LogP contribution in [-0.2, 0) is 0 Å². The van der Waals surface area contributed by atoms with Gasteiger partial charge in [0.1, 0.15) is 5.84 Å². The maximum Gasteiger partial charge on any atom is 0.220 e. The van der Waals surface area contributed by atoms with E-state index in [1.807, 2.05) is 11.8 Å². The van der Waals surface area contributed by atoms with E-state index < -0.39 is 0 Å². The Balaban J connectivity index is 4.88. The molecule has 1 N–H and O–H groups in total. The fourth-order valence-corrected chi connectivity index (χ4v) is 1.50. The van der Waals surface area contributed by atoms with Gasteiger partial charge in [0, 0.05) is 26.2 Å². The monoisotopic (exact) mass is 260 g/mol. The molecule has 0 aromatic heterocycles. The van der Waals surface area contributed by atoms with Crippen molar-refractivity contribution in [1.29, 1.82) is 5.41 Å². The number of nitrogens with zero attached hydrogens (tertiary/aromatic N) is 3. The zero-order valence-electron chi connectivity index (χ0n) is 11.8. The lowest BCUT2D eigenvalue weighted by Crippen LogP contribution is -2.34. The molecule has 0 unspecified atom stereocenters. The van der Waals surface area contributed by atoms with Crippen LogP contribution >= 0.6 is 0 Å². The van der Waals surface area contributed by atoms with E-state index in [1.54, 1.807) is 29.2 Å². The fourth-order valence-electron chi connectivity index (χ4n) is 1.50. The Morgan fingerprint density at radius 3 is 1.63 bits per heavy atom. The number of rotatable bonds is 8. The van der Waals surface area contributed by atoms with Crippen molar-refractivity contribution in [2.24, 2.45) is 4.99 Å². The second-order valence-corrected chi connectivity index (χ2v) is 3.95. The summed E-state index contributed by atoms with van der Waals surface area (Å²) in [6, 6.07) is 0. The van der Waals surface area contributed by atoms with Crippen molar-refractivity contribution in [2.45, 2.75) is 6.92 Å². The average molecular weight is 260 g/mol. The van der Waals surface area contributed by atoms with E-state index in [2.05, 4.69) is 31.3 Å². The van der Waals surface area contributed by atoms with Crippen molar-refractivity contribution in [3.63, 3.8) is 0 Å². The van der Waals surface area contributed by atoms with E-state index in [1.165, 1.54) is 0 Å². The van der Waals surface area contributed by atoms with Gasteiger partial charge in [-0.3, -0.25) is 5.41 Å². The molecule has 0 aliphatic heterocycles. The Morgan fingerprint density at radius 2 is 1.26 bits per heavy atom. The molecule has 0 aromatic carbocycles. The molecule has 0 aliphatic carbocycles. The van der Waals surface area contributed by atoms with E-state index in [0.717, 1.165) is 5.84 Å². The third-order valence-electron chi connectivity index (χ3n) is 2.42. The summed E-state index contributed by atoms with van der Waals surface area (Å²) >= 11 is 0. The molecule has 0 spiro atoms. The summed E-state index contributed by atoms with van der Waals surface area (Å²) in [4.78, 5) is 8.09. The van der Waals surface area contributed by atoms with Gasteiger partial charge in [-0.05, 0) is 6.92 Å². The van der Waals surface area contributed by atoms with Crippen molar-refractivity contribution in [1.82, 2.24) is 9.80 Å². The van der Waals surface area contributed by atoms with E-state index in [0.29, 0.717) is 26.2 Å². The molecule has 0 atom stereocenters. The predicted molar refractivity (Wildman–Crippen MR) is 84.8 cm³/mol. The van der Waals surface area contributed by atoms with Crippen LogP contribution in [0.25, 0.3) is 0 Å². The average Bonchev–Trinajstić information content (AvgIpc) is 2.38. The maximum absolute atomic E-state index is 8.01. The topological polar surface area (TPSA) is 42.7 Å². The molecule has 0 saturated carbocycles. The lowest BCUT2D eigenvalue weighted by Gasteiger charge is -2.23. The zero-order chi connectivity index (χ0) is 14.7.